The number of hydrogen-bond acceptors (Lipinski definition) is 3. The van der Waals surface area contributed by atoms with Gasteiger partial charge in [0.05, 0.1) is 6.61 Å². The Bertz CT molecular complexity index is 365. The molecule has 1 atom stereocenters. The summed E-state index contributed by atoms with van der Waals surface area (Å²) >= 11 is 0. The SMILES string of the molecule is CCCC(Oc1cccc(F)c1)C(=O)OCC. The van der Waals surface area contributed by atoms with E-state index in [0.29, 0.717) is 18.8 Å². The van der Waals surface area contributed by atoms with Gasteiger partial charge in [0, 0.05) is 6.07 Å². The molecule has 0 saturated heterocycles. The molecule has 0 aromatic heterocycles. The predicted molar refractivity (Wildman–Crippen MR) is 62.4 cm³/mol. The fourth-order valence-corrected chi connectivity index (χ4v) is 1.43. The van der Waals surface area contributed by atoms with Crippen LogP contribution in [0, 0.1) is 5.82 Å². The van der Waals surface area contributed by atoms with Crippen LogP contribution >= 0.6 is 0 Å². The number of carbonyl (C=O) groups is 1. The van der Waals surface area contributed by atoms with Crippen LogP contribution in [0.4, 0.5) is 4.39 Å². The van der Waals surface area contributed by atoms with E-state index in [1.807, 2.05) is 6.92 Å². The summed E-state index contributed by atoms with van der Waals surface area (Å²) in [5, 5.41) is 0. The van der Waals surface area contributed by atoms with E-state index in [-0.39, 0.29) is 5.82 Å². The largest absolute Gasteiger partial charge is 0.479 e. The Kier molecular flexibility index (Phi) is 5.46. The number of ether oxygens (including phenoxy) is 2. The second kappa shape index (κ2) is 6.89. The molecule has 1 unspecified atom stereocenters. The van der Waals surface area contributed by atoms with Crippen LogP contribution in [0.5, 0.6) is 5.75 Å². The number of carbonyl (C=O) groups excluding carboxylic acids is 1. The summed E-state index contributed by atoms with van der Waals surface area (Å²) in [5.74, 6) is -0.447. The molecule has 0 heterocycles. The first kappa shape index (κ1) is 13.5. The van der Waals surface area contributed by atoms with Crippen molar-refractivity contribution in [2.75, 3.05) is 6.61 Å². The molecular formula is C13H17FO3. The van der Waals surface area contributed by atoms with E-state index in [4.69, 9.17) is 9.47 Å². The Hall–Kier alpha value is -1.58. The summed E-state index contributed by atoms with van der Waals surface area (Å²) < 4.78 is 23.3. The Morgan fingerprint density at radius 2 is 2.18 bits per heavy atom. The first-order valence-corrected chi connectivity index (χ1v) is 5.76. The lowest BCUT2D eigenvalue weighted by molar-refractivity contribution is -0.151. The second-order valence-electron chi connectivity index (χ2n) is 3.60. The molecule has 0 fully saturated rings. The maximum Gasteiger partial charge on any atom is 0.347 e. The molecule has 0 aliphatic carbocycles. The Labute approximate surface area is 101 Å². The number of benzene rings is 1. The minimum absolute atomic E-state index is 0.311. The van der Waals surface area contributed by atoms with Crippen LogP contribution in [0.15, 0.2) is 24.3 Å². The van der Waals surface area contributed by atoms with Gasteiger partial charge in [-0.1, -0.05) is 19.4 Å². The Balaban J connectivity index is 2.69. The van der Waals surface area contributed by atoms with Gasteiger partial charge in [0.15, 0.2) is 6.10 Å². The monoisotopic (exact) mass is 240 g/mol. The molecule has 0 saturated carbocycles. The molecule has 0 spiro atoms. The minimum Gasteiger partial charge on any atom is -0.479 e. The van der Waals surface area contributed by atoms with Crippen LogP contribution < -0.4 is 4.74 Å². The summed E-state index contributed by atoms with van der Waals surface area (Å²) in [6, 6.07) is 5.73. The predicted octanol–water partition coefficient (Wildman–Crippen LogP) is 2.94. The van der Waals surface area contributed by atoms with E-state index >= 15 is 0 Å². The highest BCUT2D eigenvalue weighted by Crippen LogP contribution is 2.16. The zero-order valence-corrected chi connectivity index (χ0v) is 10.1. The lowest BCUT2D eigenvalue weighted by Crippen LogP contribution is -2.29. The summed E-state index contributed by atoms with van der Waals surface area (Å²) in [6.07, 6.45) is 0.676. The molecule has 0 amide bonds. The van der Waals surface area contributed by atoms with Gasteiger partial charge in [-0.05, 0) is 25.5 Å². The van der Waals surface area contributed by atoms with Crippen molar-refractivity contribution in [2.24, 2.45) is 0 Å². The molecule has 1 aromatic carbocycles. The van der Waals surface area contributed by atoms with Crippen molar-refractivity contribution in [3.05, 3.63) is 30.1 Å². The molecule has 0 N–H and O–H groups in total. The Morgan fingerprint density at radius 3 is 2.76 bits per heavy atom. The fraction of sp³-hybridized carbons (Fsp3) is 0.462. The van der Waals surface area contributed by atoms with Gasteiger partial charge < -0.3 is 9.47 Å². The lowest BCUT2D eigenvalue weighted by Gasteiger charge is -2.16. The molecule has 4 heteroatoms. The van der Waals surface area contributed by atoms with E-state index in [2.05, 4.69) is 0 Å². The van der Waals surface area contributed by atoms with E-state index in [0.717, 1.165) is 6.42 Å². The zero-order valence-electron chi connectivity index (χ0n) is 10.1. The highest BCUT2D eigenvalue weighted by atomic mass is 19.1. The molecule has 1 rings (SSSR count). The number of halogens is 1. The summed E-state index contributed by atoms with van der Waals surface area (Å²) in [4.78, 5) is 11.6. The molecule has 0 radical (unpaired) electrons. The fourth-order valence-electron chi connectivity index (χ4n) is 1.43. The highest BCUT2D eigenvalue weighted by molar-refractivity contribution is 5.75. The van der Waals surface area contributed by atoms with Crippen LogP contribution in [-0.4, -0.2) is 18.7 Å². The van der Waals surface area contributed by atoms with Gasteiger partial charge in [-0.15, -0.1) is 0 Å². The van der Waals surface area contributed by atoms with E-state index in [9.17, 15) is 9.18 Å². The molecular weight excluding hydrogens is 223 g/mol. The number of esters is 1. The molecule has 0 bridgehead atoms. The van der Waals surface area contributed by atoms with E-state index in [1.54, 1.807) is 19.1 Å². The molecule has 0 aliphatic heterocycles. The lowest BCUT2D eigenvalue weighted by atomic mass is 10.2. The normalized spacial score (nSPS) is 11.9. The summed E-state index contributed by atoms with van der Waals surface area (Å²) in [6.45, 7) is 4.00. The van der Waals surface area contributed by atoms with Gasteiger partial charge in [-0.25, -0.2) is 9.18 Å². The maximum absolute atomic E-state index is 13.0. The van der Waals surface area contributed by atoms with Crippen LogP contribution in [-0.2, 0) is 9.53 Å². The molecule has 17 heavy (non-hydrogen) atoms. The van der Waals surface area contributed by atoms with Crippen LogP contribution in [0.25, 0.3) is 0 Å². The molecule has 1 aromatic rings. The zero-order chi connectivity index (χ0) is 12.7. The topological polar surface area (TPSA) is 35.5 Å². The van der Waals surface area contributed by atoms with Crippen molar-refractivity contribution in [1.82, 2.24) is 0 Å². The first-order valence-electron chi connectivity index (χ1n) is 5.76. The molecule has 0 aliphatic rings. The van der Waals surface area contributed by atoms with Crippen molar-refractivity contribution in [2.45, 2.75) is 32.8 Å². The van der Waals surface area contributed by atoms with Crippen LogP contribution in [0.3, 0.4) is 0 Å². The van der Waals surface area contributed by atoms with Crippen LogP contribution in [0.1, 0.15) is 26.7 Å². The van der Waals surface area contributed by atoms with Gasteiger partial charge in [0.1, 0.15) is 11.6 Å². The summed E-state index contributed by atoms with van der Waals surface area (Å²) in [5.41, 5.74) is 0. The van der Waals surface area contributed by atoms with Crippen molar-refractivity contribution < 1.29 is 18.7 Å². The third-order valence-electron chi connectivity index (χ3n) is 2.17. The van der Waals surface area contributed by atoms with Gasteiger partial charge in [0.2, 0.25) is 0 Å². The number of hydrogen-bond donors (Lipinski definition) is 0. The minimum atomic E-state index is -0.665. The average molecular weight is 240 g/mol. The average Bonchev–Trinajstić information content (AvgIpc) is 2.29. The van der Waals surface area contributed by atoms with Gasteiger partial charge in [-0.3, -0.25) is 0 Å². The molecule has 94 valence electrons. The second-order valence-corrected chi connectivity index (χ2v) is 3.60. The smallest absolute Gasteiger partial charge is 0.347 e. The standard InChI is InChI=1S/C13H17FO3/c1-3-6-12(13(15)16-4-2)17-11-8-5-7-10(14)9-11/h5,7-9,12H,3-4,6H2,1-2H3. The third-order valence-corrected chi connectivity index (χ3v) is 2.17. The first-order chi connectivity index (χ1) is 8.17. The van der Waals surface area contributed by atoms with Gasteiger partial charge >= 0.3 is 5.97 Å². The summed E-state index contributed by atoms with van der Waals surface area (Å²) in [7, 11) is 0. The third kappa shape index (κ3) is 4.43. The number of rotatable bonds is 6. The maximum atomic E-state index is 13.0. The van der Waals surface area contributed by atoms with Gasteiger partial charge in [0.25, 0.3) is 0 Å². The molecule has 3 nitrogen and oxygen atoms in total. The Morgan fingerprint density at radius 1 is 1.41 bits per heavy atom. The quantitative estimate of drug-likeness (QED) is 0.717. The van der Waals surface area contributed by atoms with Crippen molar-refractivity contribution >= 4 is 5.97 Å². The van der Waals surface area contributed by atoms with Crippen LogP contribution in [0.2, 0.25) is 0 Å². The van der Waals surface area contributed by atoms with E-state index in [1.165, 1.54) is 12.1 Å². The van der Waals surface area contributed by atoms with Gasteiger partial charge in [-0.2, -0.15) is 0 Å². The van der Waals surface area contributed by atoms with Crippen molar-refractivity contribution in [3.63, 3.8) is 0 Å². The van der Waals surface area contributed by atoms with E-state index < -0.39 is 12.1 Å². The van der Waals surface area contributed by atoms with Crippen molar-refractivity contribution in [1.29, 1.82) is 0 Å². The highest BCUT2D eigenvalue weighted by Gasteiger charge is 2.20. The van der Waals surface area contributed by atoms with Crippen molar-refractivity contribution in [3.8, 4) is 5.75 Å².